The molecule has 0 aliphatic rings. The molecule has 0 bridgehead atoms. The molecule has 0 heterocycles. The monoisotopic (exact) mass is 284 g/mol. The predicted molar refractivity (Wildman–Crippen MR) is 79.7 cm³/mol. The lowest BCUT2D eigenvalue weighted by Crippen LogP contribution is -2.18. The second-order valence-corrected chi connectivity index (χ2v) is 4.65. The van der Waals surface area contributed by atoms with Crippen molar-refractivity contribution in [3.05, 3.63) is 59.4 Å². The van der Waals surface area contributed by atoms with E-state index < -0.39 is 5.82 Å². The van der Waals surface area contributed by atoms with E-state index in [1.165, 1.54) is 6.07 Å². The van der Waals surface area contributed by atoms with Crippen LogP contribution in [-0.4, -0.2) is 6.54 Å². The van der Waals surface area contributed by atoms with E-state index in [0.717, 1.165) is 12.1 Å². The standard InChI is InChI=1S/C17H17FN2O/c1-3-20-12(2)14-8-6-9-15(18)17(14)21-16-10-5-4-7-13(16)11-19/h4-10,12,20H,3H2,1-2H3. The van der Waals surface area contributed by atoms with Gasteiger partial charge in [-0.3, -0.25) is 0 Å². The van der Waals surface area contributed by atoms with Gasteiger partial charge in [-0.1, -0.05) is 31.2 Å². The average Bonchev–Trinajstić information content (AvgIpc) is 2.50. The van der Waals surface area contributed by atoms with E-state index in [1.807, 2.05) is 26.0 Å². The molecule has 0 fully saturated rings. The van der Waals surface area contributed by atoms with Gasteiger partial charge in [-0.15, -0.1) is 0 Å². The lowest BCUT2D eigenvalue weighted by Gasteiger charge is -2.18. The van der Waals surface area contributed by atoms with Crippen LogP contribution in [0.5, 0.6) is 11.5 Å². The van der Waals surface area contributed by atoms with Gasteiger partial charge in [-0.2, -0.15) is 5.26 Å². The van der Waals surface area contributed by atoms with E-state index in [1.54, 1.807) is 30.3 Å². The zero-order chi connectivity index (χ0) is 15.2. The van der Waals surface area contributed by atoms with Gasteiger partial charge in [0.15, 0.2) is 11.6 Å². The lowest BCUT2D eigenvalue weighted by atomic mass is 10.1. The number of halogens is 1. The molecule has 3 nitrogen and oxygen atoms in total. The van der Waals surface area contributed by atoms with Gasteiger partial charge in [0.1, 0.15) is 11.8 Å². The van der Waals surface area contributed by atoms with Crippen LogP contribution in [-0.2, 0) is 0 Å². The summed E-state index contributed by atoms with van der Waals surface area (Å²) in [4.78, 5) is 0. The average molecular weight is 284 g/mol. The molecule has 2 aromatic carbocycles. The minimum atomic E-state index is -0.440. The van der Waals surface area contributed by atoms with Crippen LogP contribution < -0.4 is 10.1 Å². The number of hydrogen-bond donors (Lipinski definition) is 1. The van der Waals surface area contributed by atoms with Crippen molar-refractivity contribution in [1.82, 2.24) is 5.32 Å². The maximum absolute atomic E-state index is 14.1. The molecule has 0 aliphatic carbocycles. The fraction of sp³-hybridized carbons (Fsp3) is 0.235. The predicted octanol–water partition coefficient (Wildman–Crippen LogP) is 4.16. The van der Waals surface area contributed by atoms with Crippen LogP contribution in [0.25, 0.3) is 0 Å². The van der Waals surface area contributed by atoms with Gasteiger partial charge < -0.3 is 10.1 Å². The number of ether oxygens (including phenoxy) is 1. The SMILES string of the molecule is CCNC(C)c1cccc(F)c1Oc1ccccc1C#N. The van der Waals surface area contributed by atoms with Crippen LogP contribution in [0.1, 0.15) is 31.0 Å². The Bertz CT molecular complexity index is 664. The molecule has 2 rings (SSSR count). The Balaban J connectivity index is 2.42. The van der Waals surface area contributed by atoms with Gasteiger partial charge in [0.25, 0.3) is 0 Å². The van der Waals surface area contributed by atoms with Gasteiger partial charge in [-0.25, -0.2) is 4.39 Å². The number of hydrogen-bond acceptors (Lipinski definition) is 3. The summed E-state index contributed by atoms with van der Waals surface area (Å²) in [6, 6.07) is 13.6. The quantitative estimate of drug-likeness (QED) is 0.896. The molecule has 0 amide bonds. The van der Waals surface area contributed by atoms with Crippen LogP contribution in [0, 0.1) is 17.1 Å². The summed E-state index contributed by atoms with van der Waals surface area (Å²) in [5, 5.41) is 12.3. The Morgan fingerprint density at radius 1 is 1.24 bits per heavy atom. The zero-order valence-electron chi connectivity index (χ0n) is 12.1. The van der Waals surface area contributed by atoms with Crippen molar-refractivity contribution in [2.75, 3.05) is 6.54 Å². The second kappa shape index (κ2) is 6.87. The van der Waals surface area contributed by atoms with E-state index in [0.29, 0.717) is 11.3 Å². The Morgan fingerprint density at radius 3 is 2.71 bits per heavy atom. The first kappa shape index (κ1) is 15.0. The van der Waals surface area contributed by atoms with Crippen molar-refractivity contribution >= 4 is 0 Å². The molecule has 0 aromatic heterocycles. The fourth-order valence-electron chi connectivity index (χ4n) is 2.15. The molecule has 0 saturated carbocycles. The first-order chi connectivity index (χ1) is 10.2. The summed E-state index contributed by atoms with van der Waals surface area (Å²) in [5.41, 5.74) is 1.10. The number of para-hydroxylation sites is 2. The Hall–Kier alpha value is -2.38. The number of nitrogens with zero attached hydrogens (tertiary/aromatic N) is 1. The summed E-state index contributed by atoms with van der Waals surface area (Å²) >= 11 is 0. The van der Waals surface area contributed by atoms with Gasteiger partial charge in [0.2, 0.25) is 0 Å². The summed E-state index contributed by atoms with van der Waals surface area (Å²) in [6.45, 7) is 4.70. The summed E-state index contributed by atoms with van der Waals surface area (Å²) in [7, 11) is 0. The summed E-state index contributed by atoms with van der Waals surface area (Å²) in [5.74, 6) is 0.0775. The van der Waals surface area contributed by atoms with Crippen molar-refractivity contribution in [1.29, 1.82) is 5.26 Å². The highest BCUT2D eigenvalue weighted by Gasteiger charge is 2.16. The molecule has 0 saturated heterocycles. The number of nitrogens with one attached hydrogen (secondary N) is 1. The molecule has 0 spiro atoms. The smallest absolute Gasteiger partial charge is 0.167 e. The molecule has 1 N–H and O–H groups in total. The summed E-state index contributed by atoms with van der Waals surface area (Å²) < 4.78 is 19.8. The molecule has 0 aliphatic heterocycles. The minimum Gasteiger partial charge on any atom is -0.453 e. The third kappa shape index (κ3) is 3.39. The van der Waals surface area contributed by atoms with Crippen LogP contribution in [0.2, 0.25) is 0 Å². The fourth-order valence-corrected chi connectivity index (χ4v) is 2.15. The molecule has 4 heteroatoms. The number of nitriles is 1. The molecule has 1 unspecified atom stereocenters. The normalized spacial score (nSPS) is 11.7. The van der Waals surface area contributed by atoms with Crippen LogP contribution in [0.15, 0.2) is 42.5 Å². The highest BCUT2D eigenvalue weighted by atomic mass is 19.1. The van der Waals surface area contributed by atoms with Crippen molar-refractivity contribution in [2.45, 2.75) is 19.9 Å². The second-order valence-electron chi connectivity index (χ2n) is 4.65. The van der Waals surface area contributed by atoms with Gasteiger partial charge in [0, 0.05) is 11.6 Å². The molecule has 21 heavy (non-hydrogen) atoms. The van der Waals surface area contributed by atoms with Crippen molar-refractivity contribution in [3.8, 4) is 17.6 Å². The first-order valence-electron chi connectivity index (χ1n) is 6.86. The molecule has 108 valence electrons. The van der Waals surface area contributed by atoms with Gasteiger partial charge >= 0.3 is 0 Å². The zero-order valence-corrected chi connectivity index (χ0v) is 12.1. The van der Waals surface area contributed by atoms with Crippen molar-refractivity contribution in [3.63, 3.8) is 0 Å². The maximum atomic E-state index is 14.1. The Labute approximate surface area is 124 Å². The third-order valence-electron chi connectivity index (χ3n) is 3.19. The summed E-state index contributed by atoms with van der Waals surface area (Å²) in [6.07, 6.45) is 0. The van der Waals surface area contributed by atoms with Crippen molar-refractivity contribution < 1.29 is 9.13 Å². The third-order valence-corrected chi connectivity index (χ3v) is 3.19. The van der Waals surface area contributed by atoms with Gasteiger partial charge in [0.05, 0.1) is 5.56 Å². The van der Waals surface area contributed by atoms with Crippen LogP contribution >= 0.6 is 0 Å². The van der Waals surface area contributed by atoms with E-state index in [4.69, 9.17) is 10.00 Å². The largest absolute Gasteiger partial charge is 0.453 e. The Morgan fingerprint density at radius 2 is 2.00 bits per heavy atom. The molecular formula is C17H17FN2O. The van der Waals surface area contributed by atoms with Gasteiger partial charge in [-0.05, 0) is 31.7 Å². The molecule has 0 radical (unpaired) electrons. The van der Waals surface area contributed by atoms with Crippen LogP contribution in [0.4, 0.5) is 4.39 Å². The maximum Gasteiger partial charge on any atom is 0.167 e. The highest BCUT2D eigenvalue weighted by molar-refractivity contribution is 5.47. The van der Waals surface area contributed by atoms with E-state index in [-0.39, 0.29) is 11.8 Å². The van der Waals surface area contributed by atoms with E-state index >= 15 is 0 Å². The number of rotatable bonds is 5. The Kier molecular flexibility index (Phi) is 4.91. The molecule has 2 aromatic rings. The first-order valence-corrected chi connectivity index (χ1v) is 6.86. The number of benzene rings is 2. The topological polar surface area (TPSA) is 45.0 Å². The lowest BCUT2D eigenvalue weighted by molar-refractivity contribution is 0.425. The van der Waals surface area contributed by atoms with Crippen LogP contribution in [0.3, 0.4) is 0 Å². The molecule has 1 atom stereocenters. The van der Waals surface area contributed by atoms with Crippen molar-refractivity contribution in [2.24, 2.45) is 0 Å². The highest BCUT2D eigenvalue weighted by Crippen LogP contribution is 2.33. The molecular weight excluding hydrogens is 267 g/mol. The van der Waals surface area contributed by atoms with E-state index in [9.17, 15) is 4.39 Å². The minimum absolute atomic E-state index is 0.0463. The van der Waals surface area contributed by atoms with E-state index in [2.05, 4.69) is 5.32 Å².